The molecular weight excluding hydrogens is 416 g/mol. The summed E-state index contributed by atoms with van der Waals surface area (Å²) in [6, 6.07) is 18.6. The Morgan fingerprint density at radius 3 is 2.61 bits per heavy atom. The number of aryl methyl sites for hydroxylation is 1. The lowest BCUT2D eigenvalue weighted by Crippen LogP contribution is -2.19. The first-order chi connectivity index (χ1) is 15.0. The highest BCUT2D eigenvalue weighted by atomic mass is 35.5. The summed E-state index contributed by atoms with van der Waals surface area (Å²) in [7, 11) is 0. The summed E-state index contributed by atoms with van der Waals surface area (Å²) in [6.07, 6.45) is 1.69. The van der Waals surface area contributed by atoms with Gasteiger partial charge in [-0.15, -0.1) is 0 Å². The van der Waals surface area contributed by atoms with Gasteiger partial charge in [-0.25, -0.2) is 9.78 Å². The first-order valence-electron chi connectivity index (χ1n) is 9.52. The van der Waals surface area contributed by atoms with E-state index >= 15 is 0 Å². The van der Waals surface area contributed by atoms with Crippen molar-refractivity contribution in [3.63, 3.8) is 0 Å². The third kappa shape index (κ3) is 5.02. The predicted molar refractivity (Wildman–Crippen MR) is 121 cm³/mol. The number of nitrogens with zero attached hydrogens (tertiary/aromatic N) is 2. The molecule has 4 rings (SSSR count). The van der Waals surface area contributed by atoms with Gasteiger partial charge in [-0.05, 0) is 55.0 Å². The second-order valence-corrected chi connectivity index (χ2v) is 7.31. The van der Waals surface area contributed by atoms with Gasteiger partial charge in [-0.3, -0.25) is 9.20 Å². The fraction of sp³-hybridized carbons (Fsp3) is 0.0870. The Kier molecular flexibility index (Phi) is 5.86. The number of hydrogen-bond acceptors (Lipinski definition) is 4. The molecule has 0 spiro atoms. The number of aromatic nitrogens is 2. The van der Waals surface area contributed by atoms with Crippen LogP contribution in [0.25, 0.3) is 5.65 Å². The van der Waals surface area contributed by atoms with Gasteiger partial charge in [0.05, 0.1) is 5.69 Å². The quantitative estimate of drug-likeness (QED) is 0.469. The average Bonchev–Trinajstić information content (AvgIpc) is 2.75. The monoisotopic (exact) mass is 434 g/mol. The van der Waals surface area contributed by atoms with Crippen molar-refractivity contribution >= 4 is 34.7 Å². The zero-order valence-corrected chi connectivity index (χ0v) is 17.4. The molecule has 2 amide bonds. The molecule has 31 heavy (non-hydrogen) atoms. The third-order valence-electron chi connectivity index (χ3n) is 4.52. The van der Waals surface area contributed by atoms with Crippen LogP contribution in [0.5, 0.6) is 5.75 Å². The van der Waals surface area contributed by atoms with E-state index in [4.69, 9.17) is 16.3 Å². The van der Waals surface area contributed by atoms with Crippen LogP contribution in [0.4, 0.5) is 16.2 Å². The van der Waals surface area contributed by atoms with Crippen LogP contribution in [0.3, 0.4) is 0 Å². The van der Waals surface area contributed by atoms with Gasteiger partial charge in [0.2, 0.25) is 0 Å². The number of carbonyl (C=O) groups is 1. The summed E-state index contributed by atoms with van der Waals surface area (Å²) in [5.74, 6) is 0.538. The molecule has 0 unspecified atom stereocenters. The highest BCUT2D eigenvalue weighted by Gasteiger charge is 2.07. The number of urea groups is 1. The second kappa shape index (κ2) is 8.89. The molecule has 0 bridgehead atoms. The van der Waals surface area contributed by atoms with Crippen molar-refractivity contribution in [1.82, 2.24) is 9.38 Å². The van der Waals surface area contributed by atoms with Crippen molar-refractivity contribution in [2.45, 2.75) is 13.5 Å². The minimum absolute atomic E-state index is 0.125. The molecule has 0 fully saturated rings. The van der Waals surface area contributed by atoms with E-state index < -0.39 is 0 Å². The highest BCUT2D eigenvalue weighted by Crippen LogP contribution is 2.19. The van der Waals surface area contributed by atoms with Crippen molar-refractivity contribution in [3.8, 4) is 5.75 Å². The lowest BCUT2D eigenvalue weighted by molar-refractivity contribution is 0.262. The second-order valence-electron chi connectivity index (χ2n) is 6.87. The minimum Gasteiger partial charge on any atom is -0.487 e. The first-order valence-corrected chi connectivity index (χ1v) is 9.90. The number of halogens is 1. The van der Waals surface area contributed by atoms with Crippen molar-refractivity contribution in [1.29, 1.82) is 0 Å². The summed E-state index contributed by atoms with van der Waals surface area (Å²) in [6.45, 7) is 2.02. The van der Waals surface area contributed by atoms with Crippen molar-refractivity contribution in [2.24, 2.45) is 0 Å². The molecule has 0 saturated heterocycles. The minimum atomic E-state index is -0.390. The van der Waals surface area contributed by atoms with E-state index in [0.717, 1.165) is 5.56 Å². The number of anilines is 2. The fourth-order valence-corrected chi connectivity index (χ4v) is 3.16. The summed E-state index contributed by atoms with van der Waals surface area (Å²) >= 11 is 5.85. The highest BCUT2D eigenvalue weighted by molar-refractivity contribution is 6.30. The van der Waals surface area contributed by atoms with Crippen LogP contribution in [0.2, 0.25) is 5.02 Å². The fourth-order valence-electron chi connectivity index (χ4n) is 3.03. The van der Waals surface area contributed by atoms with E-state index in [1.807, 2.05) is 19.1 Å². The van der Waals surface area contributed by atoms with E-state index in [2.05, 4.69) is 15.6 Å². The number of hydrogen-bond donors (Lipinski definition) is 2. The van der Waals surface area contributed by atoms with Gasteiger partial charge in [-0.1, -0.05) is 23.7 Å². The molecule has 0 atom stereocenters. The molecule has 2 aromatic heterocycles. The number of pyridine rings is 1. The topological polar surface area (TPSA) is 84.7 Å². The number of nitrogens with one attached hydrogen (secondary N) is 2. The lowest BCUT2D eigenvalue weighted by atomic mass is 10.3. The third-order valence-corrected chi connectivity index (χ3v) is 4.77. The Morgan fingerprint density at radius 1 is 1.03 bits per heavy atom. The van der Waals surface area contributed by atoms with Gasteiger partial charge in [0.1, 0.15) is 18.0 Å². The van der Waals surface area contributed by atoms with Gasteiger partial charge < -0.3 is 15.4 Å². The maximum atomic E-state index is 12.3. The lowest BCUT2D eigenvalue weighted by Gasteiger charge is -2.11. The Hall–Kier alpha value is -3.84. The molecule has 4 aromatic rings. The molecule has 2 N–H and O–H groups in total. The number of rotatable bonds is 5. The van der Waals surface area contributed by atoms with E-state index in [0.29, 0.717) is 33.5 Å². The van der Waals surface area contributed by atoms with E-state index in [9.17, 15) is 9.59 Å². The number of ether oxygens (including phenoxy) is 1. The normalized spacial score (nSPS) is 10.6. The molecule has 0 saturated carbocycles. The number of amides is 2. The molecule has 0 aliphatic carbocycles. The van der Waals surface area contributed by atoms with Crippen LogP contribution in [-0.4, -0.2) is 15.4 Å². The molecule has 156 valence electrons. The van der Waals surface area contributed by atoms with Crippen LogP contribution in [0, 0.1) is 6.92 Å². The standard InChI is InChI=1S/C23H19ClN4O3/c1-15-4-3-11-28-21(29)13-19(25-22(15)28)14-31-20-6-2-5-18(12-20)27-23(30)26-17-9-7-16(24)8-10-17/h2-13H,14H2,1H3,(H2,26,27,30). The van der Waals surface area contributed by atoms with Crippen LogP contribution in [0.1, 0.15) is 11.3 Å². The van der Waals surface area contributed by atoms with Crippen LogP contribution in [0.15, 0.2) is 77.7 Å². The predicted octanol–water partition coefficient (Wildman–Crippen LogP) is 4.88. The van der Waals surface area contributed by atoms with Gasteiger partial charge in [-0.2, -0.15) is 0 Å². The van der Waals surface area contributed by atoms with Gasteiger partial charge >= 0.3 is 6.03 Å². The smallest absolute Gasteiger partial charge is 0.323 e. The van der Waals surface area contributed by atoms with Crippen molar-refractivity contribution in [2.75, 3.05) is 10.6 Å². The Balaban J connectivity index is 1.42. The maximum Gasteiger partial charge on any atom is 0.323 e. The van der Waals surface area contributed by atoms with Gasteiger partial charge in [0, 0.05) is 34.7 Å². The molecule has 2 aromatic carbocycles. The summed E-state index contributed by atoms with van der Waals surface area (Å²) in [4.78, 5) is 29.0. The zero-order chi connectivity index (χ0) is 21.8. The Labute approximate surface area is 183 Å². The summed E-state index contributed by atoms with van der Waals surface area (Å²) < 4.78 is 7.30. The van der Waals surface area contributed by atoms with Crippen molar-refractivity contribution < 1.29 is 9.53 Å². The SMILES string of the molecule is Cc1cccn2c(=O)cc(COc3cccc(NC(=O)Nc4ccc(Cl)cc4)c3)nc12. The van der Waals surface area contributed by atoms with E-state index in [1.165, 1.54) is 10.5 Å². The number of benzene rings is 2. The molecule has 0 aliphatic rings. The maximum absolute atomic E-state index is 12.3. The van der Waals surface area contributed by atoms with Crippen LogP contribution < -0.4 is 20.9 Å². The van der Waals surface area contributed by atoms with Crippen LogP contribution in [-0.2, 0) is 6.61 Å². The van der Waals surface area contributed by atoms with E-state index in [-0.39, 0.29) is 18.2 Å². The molecule has 8 heteroatoms. The average molecular weight is 435 g/mol. The summed E-state index contributed by atoms with van der Waals surface area (Å²) in [5.41, 5.74) is 3.05. The Bertz CT molecular complexity index is 1300. The van der Waals surface area contributed by atoms with Gasteiger partial charge in [0.15, 0.2) is 0 Å². The zero-order valence-electron chi connectivity index (χ0n) is 16.6. The largest absolute Gasteiger partial charge is 0.487 e. The number of carbonyl (C=O) groups excluding carboxylic acids is 1. The molecule has 7 nitrogen and oxygen atoms in total. The van der Waals surface area contributed by atoms with E-state index in [1.54, 1.807) is 54.7 Å². The summed E-state index contributed by atoms with van der Waals surface area (Å²) in [5, 5.41) is 6.07. The molecular formula is C23H19ClN4O3. The van der Waals surface area contributed by atoms with Gasteiger partial charge in [0.25, 0.3) is 5.56 Å². The van der Waals surface area contributed by atoms with Crippen LogP contribution >= 0.6 is 11.6 Å². The molecule has 0 aliphatic heterocycles. The molecule has 2 heterocycles. The number of fused-ring (bicyclic) bond motifs is 1. The molecule has 0 radical (unpaired) electrons. The van der Waals surface area contributed by atoms with Crippen molar-refractivity contribution in [3.05, 3.63) is 99.6 Å². The Morgan fingerprint density at radius 2 is 1.81 bits per heavy atom. The first kappa shape index (κ1) is 20.4.